The van der Waals surface area contributed by atoms with E-state index in [9.17, 15) is 4.57 Å². The minimum atomic E-state index is -3.04. The van der Waals surface area contributed by atoms with Crippen molar-refractivity contribution in [2.75, 3.05) is 19.4 Å². The molecule has 0 radical (unpaired) electrons. The molecule has 1 atom stereocenters. The highest BCUT2D eigenvalue weighted by molar-refractivity contribution is 7.53. The number of hydrogen-bond donors (Lipinski definition) is 1. The van der Waals surface area contributed by atoms with Gasteiger partial charge in [0.1, 0.15) is 0 Å². The highest BCUT2D eigenvalue weighted by atomic mass is 31.2. The Morgan fingerprint density at radius 2 is 1.72 bits per heavy atom. The standard InChI is InChI=1S/C13H22NO3P/c1-3-16-18(15,17-4-2)11-13(14)10-12-8-6-5-7-9-12/h5-9,13H,3-4,10-11,14H2,1-2H3. The average molecular weight is 271 g/mol. The van der Waals surface area contributed by atoms with Crippen LogP contribution in [0.1, 0.15) is 19.4 Å². The lowest BCUT2D eigenvalue weighted by atomic mass is 10.1. The molecule has 0 heterocycles. The van der Waals surface area contributed by atoms with Gasteiger partial charge in [0.05, 0.1) is 19.4 Å². The van der Waals surface area contributed by atoms with Crippen LogP contribution < -0.4 is 5.73 Å². The smallest absolute Gasteiger partial charge is 0.327 e. The first-order valence-electron chi connectivity index (χ1n) is 6.27. The zero-order chi connectivity index (χ0) is 13.4. The van der Waals surface area contributed by atoms with Gasteiger partial charge in [0.15, 0.2) is 0 Å². The highest BCUT2D eigenvalue weighted by Gasteiger charge is 2.26. The Kier molecular flexibility index (Phi) is 6.58. The fraction of sp³-hybridized carbons (Fsp3) is 0.538. The Hall–Kier alpha value is -0.670. The van der Waals surface area contributed by atoms with Gasteiger partial charge in [-0.05, 0) is 25.8 Å². The molecule has 0 saturated heterocycles. The lowest BCUT2D eigenvalue weighted by Crippen LogP contribution is -2.28. The maximum absolute atomic E-state index is 12.3. The van der Waals surface area contributed by atoms with Crippen LogP contribution in [-0.2, 0) is 20.0 Å². The zero-order valence-corrected chi connectivity index (χ0v) is 11.9. The van der Waals surface area contributed by atoms with Crippen LogP contribution in [-0.4, -0.2) is 25.4 Å². The Morgan fingerprint density at radius 3 is 2.22 bits per heavy atom. The molecule has 0 amide bonds. The van der Waals surface area contributed by atoms with Crippen molar-refractivity contribution in [3.8, 4) is 0 Å². The van der Waals surface area contributed by atoms with Crippen LogP contribution in [0.2, 0.25) is 0 Å². The molecule has 0 saturated carbocycles. The van der Waals surface area contributed by atoms with Crippen LogP contribution in [0.15, 0.2) is 30.3 Å². The fourth-order valence-electron chi connectivity index (χ4n) is 1.80. The Bertz CT molecular complexity index is 373. The summed E-state index contributed by atoms with van der Waals surface area (Å²) < 4.78 is 22.8. The van der Waals surface area contributed by atoms with Crippen LogP contribution in [0.5, 0.6) is 0 Å². The topological polar surface area (TPSA) is 61.5 Å². The molecule has 0 aliphatic rings. The molecular weight excluding hydrogens is 249 g/mol. The van der Waals surface area contributed by atoms with Gasteiger partial charge in [0.2, 0.25) is 0 Å². The first-order chi connectivity index (χ1) is 8.59. The molecule has 1 aromatic carbocycles. The lowest BCUT2D eigenvalue weighted by molar-refractivity contribution is 0.218. The van der Waals surface area contributed by atoms with Gasteiger partial charge in [-0.3, -0.25) is 4.57 Å². The SMILES string of the molecule is CCOP(=O)(CC(N)Cc1ccccc1)OCC. The molecule has 4 nitrogen and oxygen atoms in total. The molecule has 18 heavy (non-hydrogen) atoms. The quantitative estimate of drug-likeness (QED) is 0.738. The predicted molar refractivity (Wildman–Crippen MR) is 73.8 cm³/mol. The number of rotatable bonds is 8. The van der Waals surface area contributed by atoms with E-state index in [-0.39, 0.29) is 12.2 Å². The summed E-state index contributed by atoms with van der Waals surface area (Å²) in [5.41, 5.74) is 7.15. The summed E-state index contributed by atoms with van der Waals surface area (Å²) in [7, 11) is -3.04. The van der Waals surface area contributed by atoms with E-state index in [0.29, 0.717) is 19.6 Å². The third-order valence-corrected chi connectivity index (χ3v) is 4.67. The summed E-state index contributed by atoms with van der Waals surface area (Å²) in [5, 5.41) is 0. The molecule has 102 valence electrons. The van der Waals surface area contributed by atoms with Crippen molar-refractivity contribution < 1.29 is 13.6 Å². The van der Waals surface area contributed by atoms with Crippen LogP contribution in [0.4, 0.5) is 0 Å². The van der Waals surface area contributed by atoms with E-state index < -0.39 is 7.60 Å². The van der Waals surface area contributed by atoms with Crippen molar-refractivity contribution >= 4 is 7.60 Å². The summed E-state index contributed by atoms with van der Waals surface area (Å²) in [6.07, 6.45) is 0.925. The Balaban J connectivity index is 2.56. The van der Waals surface area contributed by atoms with Crippen molar-refractivity contribution in [2.45, 2.75) is 26.3 Å². The second-order valence-electron chi connectivity index (χ2n) is 4.08. The van der Waals surface area contributed by atoms with E-state index >= 15 is 0 Å². The van der Waals surface area contributed by atoms with Gasteiger partial charge in [0.25, 0.3) is 0 Å². The van der Waals surface area contributed by atoms with Gasteiger partial charge >= 0.3 is 7.60 Å². The van der Waals surface area contributed by atoms with Gasteiger partial charge in [0, 0.05) is 6.04 Å². The van der Waals surface area contributed by atoms with E-state index in [4.69, 9.17) is 14.8 Å². The highest BCUT2D eigenvalue weighted by Crippen LogP contribution is 2.48. The number of nitrogens with two attached hydrogens (primary N) is 1. The minimum Gasteiger partial charge on any atom is -0.327 e. The molecular formula is C13H22NO3P. The molecule has 0 fully saturated rings. The number of benzene rings is 1. The summed E-state index contributed by atoms with van der Waals surface area (Å²) >= 11 is 0. The second kappa shape index (κ2) is 7.70. The van der Waals surface area contributed by atoms with E-state index in [1.165, 1.54) is 0 Å². The lowest BCUT2D eigenvalue weighted by Gasteiger charge is -2.20. The minimum absolute atomic E-state index is 0.226. The summed E-state index contributed by atoms with van der Waals surface area (Å²) in [4.78, 5) is 0. The van der Waals surface area contributed by atoms with E-state index in [1.807, 2.05) is 30.3 Å². The molecule has 0 bridgehead atoms. The van der Waals surface area contributed by atoms with Crippen molar-refractivity contribution in [1.29, 1.82) is 0 Å². The van der Waals surface area contributed by atoms with Gasteiger partial charge in [-0.2, -0.15) is 0 Å². The molecule has 1 aromatic rings. The van der Waals surface area contributed by atoms with Crippen LogP contribution in [0.25, 0.3) is 0 Å². The maximum Gasteiger partial charge on any atom is 0.332 e. The Labute approximate surface area is 109 Å². The maximum atomic E-state index is 12.3. The summed E-state index contributed by atoms with van der Waals surface area (Å²) in [6, 6.07) is 9.68. The van der Waals surface area contributed by atoms with E-state index in [1.54, 1.807) is 13.8 Å². The third kappa shape index (κ3) is 5.32. The molecule has 0 aliphatic carbocycles. The van der Waals surface area contributed by atoms with Crippen molar-refractivity contribution in [1.82, 2.24) is 0 Å². The van der Waals surface area contributed by atoms with Gasteiger partial charge in [-0.15, -0.1) is 0 Å². The molecule has 0 aliphatic heterocycles. The van der Waals surface area contributed by atoms with Crippen molar-refractivity contribution in [3.05, 3.63) is 35.9 Å². The van der Waals surface area contributed by atoms with Crippen LogP contribution in [0.3, 0.4) is 0 Å². The average Bonchev–Trinajstić information content (AvgIpc) is 2.30. The number of hydrogen-bond acceptors (Lipinski definition) is 4. The Morgan fingerprint density at radius 1 is 1.17 bits per heavy atom. The second-order valence-corrected chi connectivity index (χ2v) is 6.18. The molecule has 1 rings (SSSR count). The summed E-state index contributed by atoms with van der Waals surface area (Å²) in [5.74, 6) is 0. The van der Waals surface area contributed by atoms with E-state index in [0.717, 1.165) is 5.56 Å². The predicted octanol–water partition coefficient (Wildman–Crippen LogP) is 2.82. The summed E-state index contributed by atoms with van der Waals surface area (Å²) in [6.45, 7) is 4.34. The first kappa shape index (κ1) is 15.4. The largest absolute Gasteiger partial charge is 0.332 e. The van der Waals surface area contributed by atoms with Crippen molar-refractivity contribution in [2.24, 2.45) is 5.73 Å². The zero-order valence-electron chi connectivity index (χ0n) is 11.0. The molecule has 0 spiro atoms. The van der Waals surface area contributed by atoms with Crippen molar-refractivity contribution in [3.63, 3.8) is 0 Å². The first-order valence-corrected chi connectivity index (χ1v) is 8.00. The monoisotopic (exact) mass is 271 g/mol. The van der Waals surface area contributed by atoms with E-state index in [2.05, 4.69) is 0 Å². The van der Waals surface area contributed by atoms with Crippen LogP contribution >= 0.6 is 7.60 Å². The fourth-order valence-corrected chi connectivity index (χ4v) is 3.58. The molecule has 5 heteroatoms. The van der Waals surface area contributed by atoms with Gasteiger partial charge < -0.3 is 14.8 Å². The van der Waals surface area contributed by atoms with Crippen LogP contribution in [0, 0.1) is 0 Å². The normalized spacial score (nSPS) is 13.5. The molecule has 1 unspecified atom stereocenters. The molecule has 0 aromatic heterocycles. The van der Waals surface area contributed by atoms with Gasteiger partial charge in [-0.25, -0.2) is 0 Å². The molecule has 2 N–H and O–H groups in total. The van der Waals surface area contributed by atoms with Gasteiger partial charge in [-0.1, -0.05) is 30.3 Å². The third-order valence-electron chi connectivity index (χ3n) is 2.45.